The molecule has 0 bridgehead atoms. The van der Waals surface area contributed by atoms with Crippen LogP contribution in [0.4, 0.5) is 5.82 Å². The molecular weight excluding hydrogens is 204 g/mol. The second-order valence-corrected chi connectivity index (χ2v) is 3.70. The van der Waals surface area contributed by atoms with E-state index in [0.717, 1.165) is 18.7 Å². The van der Waals surface area contributed by atoms with Gasteiger partial charge in [-0.15, -0.1) is 0 Å². The minimum absolute atomic E-state index is 0.00671. The quantitative estimate of drug-likeness (QED) is 0.730. The van der Waals surface area contributed by atoms with Crippen molar-refractivity contribution in [1.82, 2.24) is 15.3 Å². The van der Waals surface area contributed by atoms with Crippen molar-refractivity contribution in [3.8, 4) is 0 Å². The summed E-state index contributed by atoms with van der Waals surface area (Å²) in [6, 6.07) is 1.77. The van der Waals surface area contributed by atoms with E-state index in [4.69, 9.17) is 0 Å². The Balaban J connectivity index is 2.49. The Morgan fingerprint density at radius 2 is 2.12 bits per heavy atom. The Kier molecular flexibility index (Phi) is 4.85. The van der Waals surface area contributed by atoms with E-state index in [1.54, 1.807) is 6.07 Å². The van der Waals surface area contributed by atoms with Crippen LogP contribution in [-0.4, -0.2) is 29.5 Å². The van der Waals surface area contributed by atoms with Crippen LogP contribution in [0.15, 0.2) is 6.07 Å². The molecule has 1 aromatic heterocycles. The second kappa shape index (κ2) is 6.17. The van der Waals surface area contributed by atoms with Gasteiger partial charge in [0.1, 0.15) is 11.6 Å². The molecule has 0 aliphatic rings. The Morgan fingerprint density at radius 3 is 2.75 bits per heavy atom. The van der Waals surface area contributed by atoms with Crippen LogP contribution in [0.1, 0.15) is 24.4 Å². The summed E-state index contributed by atoms with van der Waals surface area (Å²) in [5, 5.41) is 5.76. The lowest BCUT2D eigenvalue weighted by Crippen LogP contribution is -2.16. The van der Waals surface area contributed by atoms with Gasteiger partial charge in [0, 0.05) is 18.2 Å². The first-order valence-electron chi connectivity index (χ1n) is 5.38. The fourth-order valence-corrected chi connectivity index (χ4v) is 1.41. The number of aryl methyl sites for hydroxylation is 2. The molecule has 5 nitrogen and oxygen atoms in total. The topological polar surface area (TPSA) is 66.9 Å². The van der Waals surface area contributed by atoms with Crippen molar-refractivity contribution >= 4 is 11.7 Å². The van der Waals surface area contributed by atoms with E-state index >= 15 is 0 Å². The van der Waals surface area contributed by atoms with Gasteiger partial charge in [-0.2, -0.15) is 0 Å². The maximum atomic E-state index is 11.5. The summed E-state index contributed by atoms with van der Waals surface area (Å²) in [6.07, 6.45) is 1.33. The highest BCUT2D eigenvalue weighted by atomic mass is 16.1. The fourth-order valence-electron chi connectivity index (χ4n) is 1.41. The van der Waals surface area contributed by atoms with Gasteiger partial charge in [-0.3, -0.25) is 4.79 Å². The van der Waals surface area contributed by atoms with Gasteiger partial charge in [0.2, 0.25) is 5.91 Å². The Morgan fingerprint density at radius 1 is 1.38 bits per heavy atom. The highest BCUT2D eigenvalue weighted by Crippen LogP contribution is 2.06. The average molecular weight is 222 g/mol. The highest BCUT2D eigenvalue weighted by Gasteiger charge is 2.04. The molecule has 0 aliphatic carbocycles. The van der Waals surface area contributed by atoms with Crippen LogP contribution in [0.3, 0.4) is 0 Å². The van der Waals surface area contributed by atoms with Crippen LogP contribution in [0, 0.1) is 13.8 Å². The lowest BCUT2D eigenvalue weighted by atomic mass is 10.3. The number of anilines is 1. The van der Waals surface area contributed by atoms with E-state index in [2.05, 4.69) is 20.6 Å². The number of nitrogens with one attached hydrogen (secondary N) is 2. The van der Waals surface area contributed by atoms with Gasteiger partial charge in [-0.25, -0.2) is 9.97 Å². The summed E-state index contributed by atoms with van der Waals surface area (Å²) in [4.78, 5) is 19.8. The van der Waals surface area contributed by atoms with E-state index in [1.807, 2.05) is 20.9 Å². The third-order valence-electron chi connectivity index (χ3n) is 2.06. The molecule has 2 N–H and O–H groups in total. The van der Waals surface area contributed by atoms with E-state index < -0.39 is 0 Å². The Bertz CT molecular complexity index is 345. The van der Waals surface area contributed by atoms with Crippen molar-refractivity contribution in [1.29, 1.82) is 0 Å². The zero-order valence-corrected chi connectivity index (χ0v) is 10.0. The van der Waals surface area contributed by atoms with Gasteiger partial charge >= 0.3 is 0 Å². The van der Waals surface area contributed by atoms with Gasteiger partial charge < -0.3 is 10.6 Å². The molecule has 16 heavy (non-hydrogen) atoms. The average Bonchev–Trinajstić information content (AvgIpc) is 2.16. The SMILES string of the molecule is CNCCCC(=O)Nc1cc(C)nc(C)n1. The van der Waals surface area contributed by atoms with Crippen molar-refractivity contribution in [2.45, 2.75) is 26.7 Å². The van der Waals surface area contributed by atoms with Gasteiger partial charge in [0.05, 0.1) is 0 Å². The number of amides is 1. The van der Waals surface area contributed by atoms with Crippen molar-refractivity contribution in [3.05, 3.63) is 17.6 Å². The summed E-state index contributed by atoms with van der Waals surface area (Å²) in [6.45, 7) is 4.53. The maximum Gasteiger partial charge on any atom is 0.225 e. The number of hydrogen-bond acceptors (Lipinski definition) is 4. The van der Waals surface area contributed by atoms with E-state index in [0.29, 0.717) is 18.1 Å². The first kappa shape index (κ1) is 12.6. The minimum Gasteiger partial charge on any atom is -0.320 e. The molecule has 0 aromatic carbocycles. The molecule has 0 fully saturated rings. The third-order valence-corrected chi connectivity index (χ3v) is 2.06. The van der Waals surface area contributed by atoms with Crippen molar-refractivity contribution in [2.75, 3.05) is 18.9 Å². The van der Waals surface area contributed by atoms with Crippen LogP contribution in [-0.2, 0) is 4.79 Å². The minimum atomic E-state index is -0.00671. The standard InChI is InChI=1S/C11H18N4O/c1-8-7-10(14-9(2)13-8)15-11(16)5-4-6-12-3/h7,12H,4-6H2,1-3H3,(H,13,14,15,16). The molecule has 1 heterocycles. The molecule has 0 aliphatic heterocycles. The Hall–Kier alpha value is -1.49. The van der Waals surface area contributed by atoms with Crippen molar-refractivity contribution < 1.29 is 4.79 Å². The summed E-state index contributed by atoms with van der Waals surface area (Å²) in [5.74, 6) is 1.25. The van der Waals surface area contributed by atoms with Gasteiger partial charge in [-0.1, -0.05) is 0 Å². The zero-order chi connectivity index (χ0) is 12.0. The zero-order valence-electron chi connectivity index (χ0n) is 10.0. The number of nitrogens with zero attached hydrogens (tertiary/aromatic N) is 2. The van der Waals surface area contributed by atoms with Gasteiger partial charge in [0.15, 0.2) is 0 Å². The number of carbonyl (C=O) groups excluding carboxylic acids is 1. The number of carbonyl (C=O) groups is 1. The first-order chi connectivity index (χ1) is 7.61. The van der Waals surface area contributed by atoms with Crippen LogP contribution < -0.4 is 10.6 Å². The molecule has 88 valence electrons. The molecule has 0 radical (unpaired) electrons. The van der Waals surface area contributed by atoms with Gasteiger partial charge in [0.25, 0.3) is 0 Å². The summed E-state index contributed by atoms with van der Waals surface area (Å²) in [5.41, 5.74) is 0.859. The lowest BCUT2D eigenvalue weighted by Gasteiger charge is -2.05. The molecule has 0 spiro atoms. The number of rotatable bonds is 5. The van der Waals surface area contributed by atoms with E-state index in [1.165, 1.54) is 0 Å². The predicted molar refractivity (Wildman–Crippen MR) is 63.3 cm³/mol. The summed E-state index contributed by atoms with van der Waals surface area (Å²) in [7, 11) is 1.87. The number of aromatic nitrogens is 2. The normalized spacial score (nSPS) is 10.2. The van der Waals surface area contributed by atoms with Crippen molar-refractivity contribution in [3.63, 3.8) is 0 Å². The lowest BCUT2D eigenvalue weighted by molar-refractivity contribution is -0.116. The largest absolute Gasteiger partial charge is 0.320 e. The highest BCUT2D eigenvalue weighted by molar-refractivity contribution is 5.89. The first-order valence-corrected chi connectivity index (χ1v) is 5.38. The summed E-state index contributed by atoms with van der Waals surface area (Å²) >= 11 is 0. The van der Waals surface area contributed by atoms with Crippen molar-refractivity contribution in [2.24, 2.45) is 0 Å². The van der Waals surface area contributed by atoms with Gasteiger partial charge in [-0.05, 0) is 33.9 Å². The van der Waals surface area contributed by atoms with Crippen LogP contribution in [0.25, 0.3) is 0 Å². The fraction of sp³-hybridized carbons (Fsp3) is 0.545. The van der Waals surface area contributed by atoms with E-state index in [9.17, 15) is 4.79 Å². The van der Waals surface area contributed by atoms with Crippen LogP contribution >= 0.6 is 0 Å². The molecule has 1 amide bonds. The molecule has 0 saturated heterocycles. The van der Waals surface area contributed by atoms with E-state index in [-0.39, 0.29) is 5.91 Å². The monoisotopic (exact) mass is 222 g/mol. The van der Waals surface area contributed by atoms with Crippen LogP contribution in [0.2, 0.25) is 0 Å². The van der Waals surface area contributed by atoms with Crippen LogP contribution in [0.5, 0.6) is 0 Å². The maximum absolute atomic E-state index is 11.5. The smallest absolute Gasteiger partial charge is 0.225 e. The molecule has 1 aromatic rings. The molecule has 5 heteroatoms. The molecular formula is C11H18N4O. The second-order valence-electron chi connectivity index (χ2n) is 3.70. The predicted octanol–water partition coefficient (Wildman–Crippen LogP) is 1.03. The molecule has 0 unspecified atom stereocenters. The molecule has 1 rings (SSSR count). The molecule has 0 atom stereocenters. The Labute approximate surface area is 95.7 Å². The third kappa shape index (κ3) is 4.35. The number of hydrogen-bond donors (Lipinski definition) is 2. The molecule has 0 saturated carbocycles. The summed E-state index contributed by atoms with van der Waals surface area (Å²) < 4.78 is 0.